The molecular formula is C11H15BrN4O3. The molecule has 8 heteroatoms. The SMILES string of the molecule is Cc1ncc(Br)c(=O)n1CC1CCC(C(=O)NN)O1. The summed E-state index contributed by atoms with van der Waals surface area (Å²) in [6.07, 6.45) is 2.06. The molecule has 1 aliphatic rings. The van der Waals surface area contributed by atoms with Crippen molar-refractivity contribution in [3.05, 3.63) is 26.8 Å². The topological polar surface area (TPSA) is 99.2 Å². The van der Waals surface area contributed by atoms with Gasteiger partial charge in [-0.05, 0) is 35.7 Å². The molecule has 0 aromatic carbocycles. The Kier molecular flexibility index (Phi) is 4.33. The average molecular weight is 331 g/mol. The molecule has 1 fully saturated rings. The van der Waals surface area contributed by atoms with Crippen LogP contribution in [0.2, 0.25) is 0 Å². The monoisotopic (exact) mass is 330 g/mol. The predicted molar refractivity (Wildman–Crippen MR) is 71.2 cm³/mol. The molecule has 0 radical (unpaired) electrons. The number of nitrogens with one attached hydrogen (secondary N) is 1. The fourth-order valence-electron chi connectivity index (χ4n) is 2.10. The number of rotatable bonds is 3. The first-order chi connectivity index (χ1) is 9.02. The van der Waals surface area contributed by atoms with Gasteiger partial charge < -0.3 is 4.74 Å². The van der Waals surface area contributed by atoms with E-state index in [1.807, 2.05) is 0 Å². The minimum absolute atomic E-state index is 0.150. The van der Waals surface area contributed by atoms with E-state index in [9.17, 15) is 9.59 Å². The van der Waals surface area contributed by atoms with Crippen molar-refractivity contribution in [3.8, 4) is 0 Å². The second-order valence-corrected chi connectivity index (χ2v) is 5.26. The molecule has 7 nitrogen and oxygen atoms in total. The summed E-state index contributed by atoms with van der Waals surface area (Å²) in [5, 5.41) is 0. The Morgan fingerprint density at radius 3 is 3.11 bits per heavy atom. The van der Waals surface area contributed by atoms with Crippen LogP contribution in [-0.4, -0.2) is 27.7 Å². The van der Waals surface area contributed by atoms with E-state index < -0.39 is 6.10 Å². The predicted octanol–water partition coefficient (Wildman–Crippen LogP) is -0.148. The molecule has 3 N–H and O–H groups in total. The number of hydrogen-bond acceptors (Lipinski definition) is 5. The minimum Gasteiger partial charge on any atom is -0.363 e. The van der Waals surface area contributed by atoms with Crippen LogP contribution in [0.5, 0.6) is 0 Å². The van der Waals surface area contributed by atoms with Gasteiger partial charge in [0.05, 0.1) is 12.6 Å². The number of halogens is 1. The molecule has 19 heavy (non-hydrogen) atoms. The van der Waals surface area contributed by atoms with E-state index in [2.05, 4.69) is 26.3 Å². The van der Waals surface area contributed by atoms with Crippen LogP contribution in [0.3, 0.4) is 0 Å². The lowest BCUT2D eigenvalue weighted by molar-refractivity contribution is -0.132. The number of aromatic nitrogens is 2. The summed E-state index contributed by atoms with van der Waals surface area (Å²) >= 11 is 3.16. The molecule has 2 rings (SSSR count). The second kappa shape index (κ2) is 5.81. The Balaban J connectivity index is 2.10. The van der Waals surface area contributed by atoms with Crippen molar-refractivity contribution in [3.63, 3.8) is 0 Å². The van der Waals surface area contributed by atoms with Crippen LogP contribution in [0, 0.1) is 6.92 Å². The van der Waals surface area contributed by atoms with Crippen LogP contribution in [0.15, 0.2) is 15.5 Å². The molecule has 104 valence electrons. The second-order valence-electron chi connectivity index (χ2n) is 4.40. The smallest absolute Gasteiger partial charge is 0.267 e. The highest BCUT2D eigenvalue weighted by Crippen LogP contribution is 2.21. The van der Waals surface area contributed by atoms with Gasteiger partial charge in [0, 0.05) is 6.20 Å². The standard InChI is InChI=1S/C11H15BrN4O3/c1-6-14-4-8(12)11(18)16(6)5-7-2-3-9(19-7)10(17)15-13/h4,7,9H,2-3,5,13H2,1H3,(H,15,17). The molecule has 2 atom stereocenters. The van der Waals surface area contributed by atoms with Crippen molar-refractivity contribution >= 4 is 21.8 Å². The zero-order valence-corrected chi connectivity index (χ0v) is 12.0. The first-order valence-electron chi connectivity index (χ1n) is 5.90. The molecule has 0 spiro atoms. The molecule has 1 aliphatic heterocycles. The summed E-state index contributed by atoms with van der Waals surface area (Å²) in [4.78, 5) is 27.4. The Hall–Kier alpha value is -1.25. The first kappa shape index (κ1) is 14.2. The van der Waals surface area contributed by atoms with Gasteiger partial charge in [-0.1, -0.05) is 0 Å². The Morgan fingerprint density at radius 2 is 2.42 bits per heavy atom. The Morgan fingerprint density at radius 1 is 1.68 bits per heavy atom. The maximum absolute atomic E-state index is 12.0. The van der Waals surface area contributed by atoms with Gasteiger partial charge in [0.15, 0.2) is 0 Å². The number of nitrogens with zero attached hydrogens (tertiary/aromatic N) is 2. The van der Waals surface area contributed by atoms with E-state index in [4.69, 9.17) is 10.6 Å². The van der Waals surface area contributed by atoms with Gasteiger partial charge in [-0.15, -0.1) is 0 Å². The largest absolute Gasteiger partial charge is 0.363 e. The van der Waals surface area contributed by atoms with Gasteiger partial charge in [0.2, 0.25) is 0 Å². The average Bonchev–Trinajstić information content (AvgIpc) is 2.87. The van der Waals surface area contributed by atoms with Crippen molar-refractivity contribution in [1.29, 1.82) is 0 Å². The lowest BCUT2D eigenvalue weighted by atomic mass is 10.2. The summed E-state index contributed by atoms with van der Waals surface area (Å²) in [6, 6.07) is 0. The van der Waals surface area contributed by atoms with E-state index in [1.165, 1.54) is 10.8 Å². The molecule has 0 bridgehead atoms. The molecule has 2 heterocycles. The van der Waals surface area contributed by atoms with Crippen molar-refractivity contribution in [2.24, 2.45) is 5.84 Å². The van der Waals surface area contributed by atoms with Crippen molar-refractivity contribution in [2.45, 2.75) is 38.5 Å². The quantitative estimate of drug-likeness (QED) is 0.456. The number of ether oxygens (including phenoxy) is 1. The maximum atomic E-state index is 12.0. The fourth-order valence-corrected chi connectivity index (χ4v) is 2.41. The Bertz CT molecular complexity index is 545. The number of aryl methyl sites for hydroxylation is 1. The van der Waals surface area contributed by atoms with Crippen LogP contribution < -0.4 is 16.8 Å². The first-order valence-corrected chi connectivity index (χ1v) is 6.70. The van der Waals surface area contributed by atoms with E-state index in [1.54, 1.807) is 6.92 Å². The molecular weight excluding hydrogens is 316 g/mol. The number of carbonyl (C=O) groups excluding carboxylic acids is 1. The summed E-state index contributed by atoms with van der Waals surface area (Å²) in [7, 11) is 0. The minimum atomic E-state index is -0.536. The molecule has 2 unspecified atom stereocenters. The third-order valence-electron chi connectivity index (χ3n) is 3.13. The van der Waals surface area contributed by atoms with E-state index in [0.717, 1.165) is 0 Å². The summed E-state index contributed by atoms with van der Waals surface area (Å²) in [5.41, 5.74) is 1.92. The van der Waals surface area contributed by atoms with Crippen LogP contribution in [0.25, 0.3) is 0 Å². The fraction of sp³-hybridized carbons (Fsp3) is 0.545. The van der Waals surface area contributed by atoms with Gasteiger partial charge in [-0.3, -0.25) is 19.6 Å². The zero-order chi connectivity index (χ0) is 14.0. The van der Waals surface area contributed by atoms with Gasteiger partial charge in [0.1, 0.15) is 16.4 Å². The lowest BCUT2D eigenvalue weighted by Crippen LogP contribution is -2.39. The highest BCUT2D eigenvalue weighted by Gasteiger charge is 2.30. The van der Waals surface area contributed by atoms with Gasteiger partial charge in [-0.25, -0.2) is 10.8 Å². The molecule has 1 aromatic heterocycles. The van der Waals surface area contributed by atoms with Crippen LogP contribution in [0.1, 0.15) is 18.7 Å². The van der Waals surface area contributed by atoms with Gasteiger partial charge in [-0.2, -0.15) is 0 Å². The molecule has 1 saturated heterocycles. The summed E-state index contributed by atoms with van der Waals surface area (Å²) < 4.78 is 7.52. The molecule has 0 aliphatic carbocycles. The highest BCUT2D eigenvalue weighted by atomic mass is 79.9. The van der Waals surface area contributed by atoms with Crippen molar-refractivity contribution in [2.75, 3.05) is 0 Å². The van der Waals surface area contributed by atoms with Crippen LogP contribution in [-0.2, 0) is 16.1 Å². The number of hydrazine groups is 1. The number of amides is 1. The van der Waals surface area contributed by atoms with Crippen LogP contribution >= 0.6 is 15.9 Å². The van der Waals surface area contributed by atoms with E-state index in [-0.39, 0.29) is 17.6 Å². The van der Waals surface area contributed by atoms with E-state index in [0.29, 0.717) is 29.7 Å². The van der Waals surface area contributed by atoms with Crippen LogP contribution in [0.4, 0.5) is 0 Å². The maximum Gasteiger partial charge on any atom is 0.267 e. The molecule has 1 aromatic rings. The summed E-state index contributed by atoms with van der Waals surface area (Å²) in [6.45, 7) is 2.14. The van der Waals surface area contributed by atoms with Crippen molar-refractivity contribution in [1.82, 2.24) is 15.0 Å². The third kappa shape index (κ3) is 3.02. The lowest BCUT2D eigenvalue weighted by Gasteiger charge is -2.15. The van der Waals surface area contributed by atoms with Gasteiger partial charge >= 0.3 is 0 Å². The summed E-state index contributed by atoms with van der Waals surface area (Å²) in [5.74, 6) is 5.35. The highest BCUT2D eigenvalue weighted by molar-refractivity contribution is 9.10. The number of nitrogens with two attached hydrogens (primary N) is 1. The Labute approximate surface area is 118 Å². The van der Waals surface area contributed by atoms with E-state index >= 15 is 0 Å². The number of hydrogen-bond donors (Lipinski definition) is 2. The zero-order valence-electron chi connectivity index (χ0n) is 10.4. The van der Waals surface area contributed by atoms with Crippen molar-refractivity contribution < 1.29 is 9.53 Å². The van der Waals surface area contributed by atoms with Gasteiger partial charge in [0.25, 0.3) is 11.5 Å². The molecule has 1 amide bonds. The third-order valence-corrected chi connectivity index (χ3v) is 3.68. The number of carbonyl (C=O) groups is 1. The normalized spacial score (nSPS) is 22.5. The molecule has 0 saturated carbocycles.